The molecule has 0 saturated carbocycles. The molecule has 4 aromatic rings. The maximum Gasteiger partial charge on any atom is 0.416 e. The van der Waals surface area contributed by atoms with E-state index < -0.39 is 28.9 Å². The number of amides is 1. The van der Waals surface area contributed by atoms with Crippen molar-refractivity contribution in [2.75, 3.05) is 5.32 Å². The first-order valence-electron chi connectivity index (χ1n) is 9.58. The van der Waals surface area contributed by atoms with Crippen molar-refractivity contribution in [1.82, 2.24) is 14.1 Å². The van der Waals surface area contributed by atoms with Gasteiger partial charge in [0.1, 0.15) is 11.1 Å². The van der Waals surface area contributed by atoms with Crippen molar-refractivity contribution < 1.29 is 22.4 Å². The van der Waals surface area contributed by atoms with Crippen LogP contribution in [-0.2, 0) is 31.5 Å². The predicted molar refractivity (Wildman–Crippen MR) is 116 cm³/mol. The lowest BCUT2D eigenvalue weighted by Crippen LogP contribution is -2.36. The van der Waals surface area contributed by atoms with E-state index in [4.69, 9.17) is 4.42 Å². The number of nitrogens with zero attached hydrogens (tertiary/aromatic N) is 3. The van der Waals surface area contributed by atoms with Crippen LogP contribution in [0.5, 0.6) is 0 Å². The molecule has 8 nitrogen and oxygen atoms in total. The second kappa shape index (κ2) is 8.03. The molecule has 0 aliphatic carbocycles. The summed E-state index contributed by atoms with van der Waals surface area (Å²) >= 11 is 1.11. The van der Waals surface area contributed by atoms with Gasteiger partial charge in [-0.25, -0.2) is 9.78 Å². The van der Waals surface area contributed by atoms with Gasteiger partial charge in [-0.15, -0.1) is 11.3 Å². The molecule has 0 atom stereocenters. The third-order valence-electron chi connectivity index (χ3n) is 5.18. The van der Waals surface area contributed by atoms with E-state index in [9.17, 15) is 27.6 Å². The summed E-state index contributed by atoms with van der Waals surface area (Å²) in [6.07, 6.45) is -4.62. The van der Waals surface area contributed by atoms with Crippen LogP contribution in [0, 0.1) is 6.92 Å². The number of alkyl halides is 3. The Balaban J connectivity index is 1.56. The summed E-state index contributed by atoms with van der Waals surface area (Å²) in [4.78, 5) is 41.6. The number of halogens is 3. The molecule has 0 aliphatic rings. The normalized spacial score (nSPS) is 11.8. The molecule has 12 heteroatoms. The molecular weight excluding hydrogens is 461 g/mol. The van der Waals surface area contributed by atoms with E-state index in [0.29, 0.717) is 22.6 Å². The van der Waals surface area contributed by atoms with Gasteiger partial charge in [0, 0.05) is 30.6 Å². The van der Waals surface area contributed by atoms with Gasteiger partial charge in [0.15, 0.2) is 5.13 Å². The number of hydrogen-bond donors (Lipinski definition) is 1. The molecule has 33 heavy (non-hydrogen) atoms. The number of carbonyl (C=O) groups is 1. The zero-order valence-corrected chi connectivity index (χ0v) is 18.4. The number of thiazole rings is 1. The number of nitrogens with one attached hydrogen (secondary N) is 1. The second-order valence-electron chi connectivity index (χ2n) is 7.36. The lowest BCUT2D eigenvalue weighted by molar-refractivity contribution is -0.137. The highest BCUT2D eigenvalue weighted by Crippen LogP contribution is 2.32. The molecule has 1 aromatic carbocycles. The van der Waals surface area contributed by atoms with E-state index in [2.05, 4.69) is 10.3 Å². The molecule has 0 bridgehead atoms. The number of aryl methyl sites for hydroxylation is 2. The van der Waals surface area contributed by atoms with Crippen molar-refractivity contribution in [1.29, 1.82) is 0 Å². The Labute approximate surface area is 187 Å². The van der Waals surface area contributed by atoms with Crippen molar-refractivity contribution in [2.45, 2.75) is 19.5 Å². The molecule has 1 amide bonds. The lowest BCUT2D eigenvalue weighted by Gasteiger charge is -2.06. The van der Waals surface area contributed by atoms with Gasteiger partial charge in [0.25, 0.3) is 5.56 Å². The third kappa shape index (κ3) is 4.09. The number of aromatic nitrogens is 3. The minimum atomic E-state index is -4.43. The van der Waals surface area contributed by atoms with Gasteiger partial charge < -0.3 is 9.73 Å². The highest BCUT2D eigenvalue weighted by atomic mass is 32.1. The predicted octanol–water partition coefficient (Wildman–Crippen LogP) is 3.46. The molecule has 0 aliphatic heterocycles. The Kier molecular flexibility index (Phi) is 5.48. The average molecular weight is 478 g/mol. The molecule has 0 fully saturated rings. The van der Waals surface area contributed by atoms with Crippen molar-refractivity contribution in [3.63, 3.8) is 0 Å². The molecule has 0 radical (unpaired) electrons. The fraction of sp³-hybridized carbons (Fsp3) is 0.238. The smallest absolute Gasteiger partial charge is 0.416 e. The Hall–Kier alpha value is -3.67. The Morgan fingerprint density at radius 1 is 1.15 bits per heavy atom. The van der Waals surface area contributed by atoms with Crippen LogP contribution in [0.25, 0.3) is 22.4 Å². The Morgan fingerprint density at radius 3 is 2.45 bits per heavy atom. The topological polar surface area (TPSA) is 99.1 Å². The molecule has 0 spiro atoms. The standard InChI is InChI=1S/C21H17F3N4O4S/c1-10-13(16-17(30)27(2)20(31)28(3)18(16)32-10)8-15(29)26-19-25-14(9-33-19)11-4-6-12(7-5-11)21(22,23)24/h4-7,9H,8H2,1-3H3,(H,25,26,29). The summed E-state index contributed by atoms with van der Waals surface area (Å²) in [5, 5.41) is 4.64. The van der Waals surface area contributed by atoms with Gasteiger partial charge in [-0.05, 0) is 19.1 Å². The van der Waals surface area contributed by atoms with E-state index in [1.807, 2.05) is 0 Å². The zero-order valence-electron chi connectivity index (χ0n) is 17.6. The van der Waals surface area contributed by atoms with E-state index in [-0.39, 0.29) is 22.7 Å². The summed E-state index contributed by atoms with van der Waals surface area (Å²) in [5.41, 5.74) is -0.539. The number of fused-ring (bicyclic) bond motifs is 1. The number of carbonyl (C=O) groups excluding carboxylic acids is 1. The van der Waals surface area contributed by atoms with E-state index in [1.165, 1.54) is 30.8 Å². The van der Waals surface area contributed by atoms with E-state index in [1.54, 1.807) is 12.3 Å². The molecule has 172 valence electrons. The number of furan rings is 1. The fourth-order valence-corrected chi connectivity index (χ4v) is 4.15. The molecule has 0 saturated heterocycles. The summed E-state index contributed by atoms with van der Waals surface area (Å²) in [6, 6.07) is 4.55. The second-order valence-corrected chi connectivity index (χ2v) is 8.22. The van der Waals surface area contributed by atoms with Crippen LogP contribution in [0.3, 0.4) is 0 Å². The van der Waals surface area contributed by atoms with E-state index >= 15 is 0 Å². The molecular formula is C21H17F3N4O4S. The van der Waals surface area contributed by atoms with E-state index in [0.717, 1.165) is 28.0 Å². The minimum absolute atomic E-state index is 0.0854. The van der Waals surface area contributed by atoms with Crippen LogP contribution < -0.4 is 16.6 Å². The number of hydrogen-bond acceptors (Lipinski definition) is 6. The highest BCUT2D eigenvalue weighted by Gasteiger charge is 2.30. The molecule has 3 heterocycles. The first-order chi connectivity index (χ1) is 15.5. The number of rotatable bonds is 4. The van der Waals surface area contributed by atoms with Crippen molar-refractivity contribution >= 4 is 33.5 Å². The average Bonchev–Trinajstić information content (AvgIpc) is 3.35. The highest BCUT2D eigenvalue weighted by molar-refractivity contribution is 7.14. The van der Waals surface area contributed by atoms with Crippen molar-refractivity contribution in [2.24, 2.45) is 14.1 Å². The summed E-state index contributed by atoms with van der Waals surface area (Å²) in [7, 11) is 2.81. The Bertz CT molecular complexity index is 1490. The third-order valence-corrected chi connectivity index (χ3v) is 5.94. The molecule has 3 aromatic heterocycles. The summed E-state index contributed by atoms with van der Waals surface area (Å²) < 4.78 is 45.9. The minimum Gasteiger partial charge on any atom is -0.444 e. The Morgan fingerprint density at radius 2 is 1.82 bits per heavy atom. The van der Waals surface area contributed by atoms with Crippen LogP contribution in [0.4, 0.5) is 18.3 Å². The van der Waals surface area contributed by atoms with Gasteiger partial charge in [-0.1, -0.05) is 12.1 Å². The molecule has 0 unspecified atom stereocenters. The summed E-state index contributed by atoms with van der Waals surface area (Å²) in [5.74, 6) is -0.131. The number of benzene rings is 1. The zero-order chi connectivity index (χ0) is 24.1. The monoisotopic (exact) mass is 478 g/mol. The lowest BCUT2D eigenvalue weighted by atomic mass is 10.1. The molecule has 1 N–H and O–H groups in total. The van der Waals surface area contributed by atoms with Gasteiger partial charge >= 0.3 is 11.9 Å². The van der Waals surface area contributed by atoms with Gasteiger partial charge in [-0.3, -0.25) is 18.7 Å². The van der Waals surface area contributed by atoms with Crippen LogP contribution in [-0.4, -0.2) is 20.0 Å². The van der Waals surface area contributed by atoms with Crippen molar-refractivity contribution in [3.05, 3.63) is 67.4 Å². The van der Waals surface area contributed by atoms with Crippen LogP contribution in [0.15, 0.2) is 43.7 Å². The first-order valence-corrected chi connectivity index (χ1v) is 10.5. The SMILES string of the molecule is Cc1oc2c(c1CC(=O)Nc1nc(-c3ccc(C(F)(F)F)cc3)cs1)c(=O)n(C)c(=O)n2C. The quantitative estimate of drug-likeness (QED) is 0.484. The summed E-state index contributed by atoms with van der Waals surface area (Å²) in [6.45, 7) is 1.60. The van der Waals surface area contributed by atoms with Crippen LogP contribution in [0.2, 0.25) is 0 Å². The van der Waals surface area contributed by atoms with Gasteiger partial charge in [-0.2, -0.15) is 13.2 Å². The van der Waals surface area contributed by atoms with Crippen molar-refractivity contribution in [3.8, 4) is 11.3 Å². The van der Waals surface area contributed by atoms with Crippen LogP contribution >= 0.6 is 11.3 Å². The van der Waals surface area contributed by atoms with Gasteiger partial charge in [0.2, 0.25) is 11.6 Å². The first kappa shape index (κ1) is 22.5. The number of anilines is 1. The largest absolute Gasteiger partial charge is 0.444 e. The molecule has 4 rings (SSSR count). The fourth-order valence-electron chi connectivity index (χ4n) is 3.42. The van der Waals surface area contributed by atoms with Crippen LogP contribution in [0.1, 0.15) is 16.9 Å². The maximum atomic E-state index is 12.7. The maximum absolute atomic E-state index is 12.7. The van der Waals surface area contributed by atoms with Gasteiger partial charge in [0.05, 0.1) is 17.7 Å².